The van der Waals surface area contributed by atoms with Crippen LogP contribution in [0, 0.1) is 14.8 Å². The van der Waals surface area contributed by atoms with Gasteiger partial charge < -0.3 is 21.3 Å². The van der Waals surface area contributed by atoms with E-state index in [9.17, 15) is 14.0 Å². The van der Waals surface area contributed by atoms with Gasteiger partial charge >= 0.3 is 0 Å². The molecule has 4 N–H and O–H groups in total. The molecule has 9 heteroatoms. The van der Waals surface area contributed by atoms with Gasteiger partial charge in [0.2, 0.25) is 0 Å². The second-order valence-electron chi connectivity index (χ2n) is 8.94. The van der Waals surface area contributed by atoms with Gasteiger partial charge in [-0.05, 0) is 70.3 Å². The maximum atomic E-state index is 14.6. The van der Waals surface area contributed by atoms with E-state index in [0.717, 1.165) is 9.26 Å². The normalized spacial score (nSPS) is 14.5. The Morgan fingerprint density at radius 3 is 2.68 bits per heavy atom. The van der Waals surface area contributed by atoms with Crippen molar-refractivity contribution in [1.82, 2.24) is 10.6 Å². The average molecular weight is 592 g/mol. The summed E-state index contributed by atoms with van der Waals surface area (Å²) in [4.78, 5) is 26.7. The lowest BCUT2D eigenvalue weighted by molar-refractivity contribution is 0.0945. The molecule has 1 aliphatic rings. The summed E-state index contributed by atoms with van der Waals surface area (Å²) in [6, 6.07) is 14.6. The molecule has 1 aromatic heterocycles. The quantitative estimate of drug-likeness (QED) is 0.219. The summed E-state index contributed by atoms with van der Waals surface area (Å²) < 4.78 is 15.3. The molecule has 0 saturated heterocycles. The number of hydrogen-bond acceptors (Lipinski definition) is 5. The number of hydrogen-bond donors (Lipinski definition) is 4. The lowest BCUT2D eigenvalue weighted by Crippen LogP contribution is -2.32. The van der Waals surface area contributed by atoms with Gasteiger partial charge in [-0.1, -0.05) is 32.0 Å². The summed E-state index contributed by atoms with van der Waals surface area (Å²) in [6.07, 6.45) is 0.555. The van der Waals surface area contributed by atoms with Crippen LogP contribution in [0.15, 0.2) is 48.5 Å². The summed E-state index contributed by atoms with van der Waals surface area (Å²) in [6.45, 7) is 5.56. The number of halogens is 2. The van der Waals surface area contributed by atoms with Crippen molar-refractivity contribution in [2.24, 2.45) is 5.41 Å². The van der Waals surface area contributed by atoms with Crippen LogP contribution in [-0.2, 0) is 6.42 Å². The standard InChI is InChI=1S/C25H26FIN4O2S/c1-25(2)13-17-20(22(32)29-11-10-28-16-6-4-3-5-7-16)24(34-21(17)23(33)30-14-25)31-19-9-8-15(27)12-18(19)26/h3-9,12,28,31H,10-11,13-14H2,1-2H3,(H,29,32)(H,30,33). The second kappa shape index (κ2) is 10.3. The first-order chi connectivity index (χ1) is 16.2. The molecule has 2 aromatic carbocycles. The fourth-order valence-corrected chi connectivity index (χ4v) is 5.43. The first kappa shape index (κ1) is 24.5. The first-order valence-electron chi connectivity index (χ1n) is 11.0. The maximum absolute atomic E-state index is 14.6. The van der Waals surface area contributed by atoms with Gasteiger partial charge in [0.1, 0.15) is 10.8 Å². The third-order valence-corrected chi connectivity index (χ3v) is 7.33. The summed E-state index contributed by atoms with van der Waals surface area (Å²) in [5, 5.41) is 12.7. The van der Waals surface area contributed by atoms with E-state index >= 15 is 0 Å². The predicted octanol–water partition coefficient (Wildman–Crippen LogP) is 5.39. The number of nitrogens with one attached hydrogen (secondary N) is 4. The van der Waals surface area contributed by atoms with Crippen molar-refractivity contribution in [3.05, 3.63) is 73.9 Å². The molecule has 0 aliphatic carbocycles. The predicted molar refractivity (Wildman–Crippen MR) is 144 cm³/mol. The van der Waals surface area contributed by atoms with Crippen LogP contribution in [0.4, 0.5) is 20.8 Å². The SMILES string of the molecule is CC1(C)CNC(=O)c2sc(Nc3ccc(I)cc3F)c(C(=O)NCCNc3ccccc3)c2C1. The maximum Gasteiger partial charge on any atom is 0.261 e. The van der Waals surface area contributed by atoms with Crippen molar-refractivity contribution >= 4 is 62.1 Å². The lowest BCUT2D eigenvalue weighted by atomic mass is 9.85. The third-order valence-electron chi connectivity index (χ3n) is 5.52. The zero-order valence-corrected chi connectivity index (χ0v) is 21.9. The molecular weight excluding hydrogens is 566 g/mol. The Kier molecular flexibility index (Phi) is 7.42. The van der Waals surface area contributed by atoms with Crippen LogP contribution in [0.25, 0.3) is 0 Å². The Bertz CT molecular complexity index is 1210. The van der Waals surface area contributed by atoms with Gasteiger partial charge in [-0.15, -0.1) is 11.3 Å². The largest absolute Gasteiger partial charge is 0.383 e. The highest BCUT2D eigenvalue weighted by Gasteiger charge is 2.34. The number of rotatable bonds is 7. The van der Waals surface area contributed by atoms with E-state index in [0.29, 0.717) is 47.1 Å². The minimum absolute atomic E-state index is 0.207. The van der Waals surface area contributed by atoms with Crippen LogP contribution in [-0.4, -0.2) is 31.4 Å². The molecule has 6 nitrogen and oxygen atoms in total. The molecule has 0 saturated carbocycles. The number of carbonyl (C=O) groups excluding carboxylic acids is 2. The van der Waals surface area contributed by atoms with Crippen molar-refractivity contribution in [2.45, 2.75) is 20.3 Å². The molecule has 178 valence electrons. The number of fused-ring (bicyclic) bond motifs is 1. The molecule has 2 amide bonds. The number of benzene rings is 2. The lowest BCUT2D eigenvalue weighted by Gasteiger charge is -2.22. The molecule has 2 heterocycles. The molecule has 0 bridgehead atoms. The molecule has 0 spiro atoms. The number of para-hydroxylation sites is 1. The molecule has 0 fully saturated rings. The Balaban J connectivity index is 1.61. The highest BCUT2D eigenvalue weighted by molar-refractivity contribution is 14.1. The minimum Gasteiger partial charge on any atom is -0.383 e. The van der Waals surface area contributed by atoms with Crippen LogP contribution in [0.5, 0.6) is 0 Å². The van der Waals surface area contributed by atoms with Crippen LogP contribution >= 0.6 is 33.9 Å². The monoisotopic (exact) mass is 592 g/mol. The van der Waals surface area contributed by atoms with Gasteiger partial charge in [-0.2, -0.15) is 0 Å². The smallest absolute Gasteiger partial charge is 0.261 e. The zero-order valence-electron chi connectivity index (χ0n) is 18.9. The second-order valence-corrected chi connectivity index (χ2v) is 11.2. The van der Waals surface area contributed by atoms with Gasteiger partial charge in [0.25, 0.3) is 11.8 Å². The summed E-state index contributed by atoms with van der Waals surface area (Å²) in [5.74, 6) is -0.911. The number of thiophene rings is 1. The molecule has 0 unspecified atom stereocenters. The van der Waals surface area contributed by atoms with E-state index in [2.05, 4.69) is 35.1 Å². The number of amides is 2. The van der Waals surface area contributed by atoms with Crippen molar-refractivity contribution < 1.29 is 14.0 Å². The van der Waals surface area contributed by atoms with Crippen LogP contribution < -0.4 is 21.3 Å². The van der Waals surface area contributed by atoms with Crippen LogP contribution in [0.2, 0.25) is 0 Å². The van der Waals surface area contributed by atoms with E-state index in [1.54, 1.807) is 12.1 Å². The highest BCUT2D eigenvalue weighted by atomic mass is 127. The summed E-state index contributed by atoms with van der Waals surface area (Å²) >= 11 is 3.23. The van der Waals surface area contributed by atoms with Gasteiger partial charge in [-0.25, -0.2) is 4.39 Å². The number of carbonyl (C=O) groups is 2. The average Bonchev–Trinajstić information content (AvgIpc) is 3.09. The van der Waals surface area contributed by atoms with Crippen molar-refractivity contribution in [3.63, 3.8) is 0 Å². The Morgan fingerprint density at radius 1 is 1.18 bits per heavy atom. The van der Waals surface area contributed by atoms with Gasteiger partial charge in [0, 0.05) is 28.9 Å². The summed E-state index contributed by atoms with van der Waals surface area (Å²) in [7, 11) is 0. The Hall–Kier alpha value is -2.66. The molecule has 34 heavy (non-hydrogen) atoms. The number of anilines is 3. The van der Waals surface area contributed by atoms with Crippen LogP contribution in [0.3, 0.4) is 0 Å². The van der Waals surface area contributed by atoms with E-state index in [1.165, 1.54) is 17.4 Å². The third kappa shape index (κ3) is 5.69. The molecule has 1 aliphatic heterocycles. The van der Waals surface area contributed by atoms with Gasteiger partial charge in [0.05, 0.1) is 16.1 Å². The zero-order chi connectivity index (χ0) is 24.3. The molecule has 4 rings (SSSR count). The molecule has 0 atom stereocenters. The topological polar surface area (TPSA) is 82.3 Å². The van der Waals surface area contributed by atoms with Gasteiger partial charge in [-0.3, -0.25) is 9.59 Å². The van der Waals surface area contributed by atoms with E-state index in [4.69, 9.17) is 0 Å². The van der Waals surface area contributed by atoms with Crippen molar-refractivity contribution in [1.29, 1.82) is 0 Å². The molecule has 3 aromatic rings. The minimum atomic E-state index is -0.418. The first-order valence-corrected chi connectivity index (χ1v) is 12.9. The van der Waals surface area contributed by atoms with Gasteiger partial charge in [0.15, 0.2) is 0 Å². The highest BCUT2D eigenvalue weighted by Crippen LogP contribution is 2.40. The fourth-order valence-electron chi connectivity index (χ4n) is 3.83. The van der Waals surface area contributed by atoms with E-state index in [-0.39, 0.29) is 22.9 Å². The van der Waals surface area contributed by atoms with E-state index < -0.39 is 5.82 Å². The Morgan fingerprint density at radius 2 is 1.94 bits per heavy atom. The van der Waals surface area contributed by atoms with E-state index in [1.807, 2.05) is 52.9 Å². The van der Waals surface area contributed by atoms with Crippen LogP contribution in [0.1, 0.15) is 39.4 Å². The fraction of sp³-hybridized carbons (Fsp3) is 0.280. The Labute approximate surface area is 215 Å². The van der Waals surface area contributed by atoms with Crippen molar-refractivity contribution in [2.75, 3.05) is 30.3 Å². The summed E-state index contributed by atoms with van der Waals surface area (Å²) in [5.41, 5.74) is 2.11. The molecule has 0 radical (unpaired) electrons. The molecular formula is C25H26FIN4O2S. The van der Waals surface area contributed by atoms with Crippen molar-refractivity contribution in [3.8, 4) is 0 Å².